The quantitative estimate of drug-likeness (QED) is 0.551. The number of nitrogens with zero attached hydrogens (tertiary/aromatic N) is 4. The van der Waals surface area contributed by atoms with Crippen LogP contribution in [0.25, 0.3) is 21.1 Å². The molecule has 0 radical (unpaired) electrons. The second-order valence-electron chi connectivity index (χ2n) is 6.06. The summed E-state index contributed by atoms with van der Waals surface area (Å²) in [5, 5.41) is 8.96. The van der Waals surface area contributed by atoms with Gasteiger partial charge in [-0.1, -0.05) is 35.6 Å². The molecule has 8 heteroatoms. The molecule has 0 atom stereocenters. The standard InChI is InChI=1S/C19H17N5O2S/c1-23-15-8-4-5-9-17(15)27-19(23)22-21-18(26)10-11-24-14-7-3-2-6-13(14)16(25)12-20-24/h2-9,12H,10-11H2,1H3,(H,21,26)/b22-19+. The fourth-order valence-electron chi connectivity index (χ4n) is 2.90. The highest BCUT2D eigenvalue weighted by Crippen LogP contribution is 2.15. The Morgan fingerprint density at radius 2 is 1.89 bits per heavy atom. The zero-order valence-corrected chi connectivity index (χ0v) is 15.4. The first-order valence-corrected chi connectivity index (χ1v) is 9.27. The molecule has 0 unspecified atom stereocenters. The molecule has 0 aliphatic heterocycles. The molecule has 136 valence electrons. The van der Waals surface area contributed by atoms with Crippen molar-refractivity contribution >= 4 is 38.4 Å². The van der Waals surface area contributed by atoms with Crippen molar-refractivity contribution in [2.45, 2.75) is 13.0 Å². The molecule has 0 saturated carbocycles. The van der Waals surface area contributed by atoms with Crippen molar-refractivity contribution in [2.75, 3.05) is 0 Å². The molecule has 7 nitrogen and oxygen atoms in total. The predicted octanol–water partition coefficient (Wildman–Crippen LogP) is 1.97. The summed E-state index contributed by atoms with van der Waals surface area (Å²) in [6, 6.07) is 15.2. The molecule has 0 bridgehead atoms. The summed E-state index contributed by atoms with van der Waals surface area (Å²) in [4.78, 5) is 24.8. The third-order valence-electron chi connectivity index (χ3n) is 4.30. The van der Waals surface area contributed by atoms with Crippen LogP contribution in [0.5, 0.6) is 0 Å². The van der Waals surface area contributed by atoms with E-state index in [1.807, 2.05) is 54.1 Å². The van der Waals surface area contributed by atoms with Gasteiger partial charge >= 0.3 is 0 Å². The van der Waals surface area contributed by atoms with Crippen molar-refractivity contribution in [3.63, 3.8) is 0 Å². The molecule has 2 aromatic carbocycles. The first kappa shape index (κ1) is 17.2. The van der Waals surface area contributed by atoms with Gasteiger partial charge in [0.05, 0.1) is 28.5 Å². The van der Waals surface area contributed by atoms with E-state index in [-0.39, 0.29) is 17.8 Å². The number of carbonyl (C=O) groups excluding carboxylic acids is 1. The third-order valence-corrected chi connectivity index (χ3v) is 5.42. The highest BCUT2D eigenvalue weighted by molar-refractivity contribution is 7.16. The van der Waals surface area contributed by atoms with Gasteiger partial charge in [0.1, 0.15) is 0 Å². The number of para-hydroxylation sites is 2. The second-order valence-corrected chi connectivity index (χ2v) is 7.07. The number of aryl methyl sites for hydroxylation is 2. The van der Waals surface area contributed by atoms with E-state index >= 15 is 0 Å². The average molecular weight is 379 g/mol. The maximum absolute atomic E-state index is 12.2. The summed E-state index contributed by atoms with van der Waals surface area (Å²) in [5.74, 6) is -0.211. The zero-order valence-electron chi connectivity index (χ0n) is 14.6. The van der Waals surface area contributed by atoms with Crippen LogP contribution in [-0.4, -0.2) is 20.3 Å². The van der Waals surface area contributed by atoms with Gasteiger partial charge in [-0.15, -0.1) is 5.10 Å². The van der Waals surface area contributed by atoms with Crippen LogP contribution in [0, 0.1) is 0 Å². The summed E-state index contributed by atoms with van der Waals surface area (Å²) in [6.07, 6.45) is 1.49. The molecule has 27 heavy (non-hydrogen) atoms. The number of carbonyl (C=O) groups is 1. The molecular formula is C19H17N5O2S. The minimum absolute atomic E-state index is 0.126. The van der Waals surface area contributed by atoms with Gasteiger partial charge in [0.15, 0.2) is 0 Å². The number of thiazole rings is 1. The Morgan fingerprint density at radius 3 is 2.70 bits per heavy atom. The van der Waals surface area contributed by atoms with E-state index in [9.17, 15) is 9.59 Å². The lowest BCUT2D eigenvalue weighted by Crippen LogP contribution is -2.24. The van der Waals surface area contributed by atoms with Crippen molar-refractivity contribution in [2.24, 2.45) is 12.1 Å². The summed E-state index contributed by atoms with van der Waals surface area (Å²) < 4.78 is 4.71. The Balaban J connectivity index is 1.50. The van der Waals surface area contributed by atoms with E-state index in [4.69, 9.17) is 0 Å². The molecule has 2 aromatic heterocycles. The maximum atomic E-state index is 12.2. The first-order valence-electron chi connectivity index (χ1n) is 8.45. The van der Waals surface area contributed by atoms with Gasteiger partial charge < -0.3 is 4.57 Å². The minimum atomic E-state index is -0.211. The molecule has 0 aliphatic carbocycles. The Hall–Kier alpha value is -3.26. The van der Waals surface area contributed by atoms with Crippen molar-refractivity contribution in [3.8, 4) is 0 Å². The fourth-order valence-corrected chi connectivity index (χ4v) is 3.88. The molecule has 1 N–H and O–H groups in total. The summed E-state index contributed by atoms with van der Waals surface area (Å²) in [7, 11) is 1.92. The lowest BCUT2D eigenvalue weighted by Gasteiger charge is -2.08. The summed E-state index contributed by atoms with van der Waals surface area (Å²) >= 11 is 1.51. The van der Waals surface area contributed by atoms with Crippen molar-refractivity contribution in [1.82, 2.24) is 19.8 Å². The highest BCUT2D eigenvalue weighted by Gasteiger charge is 2.07. The molecule has 0 fully saturated rings. The zero-order chi connectivity index (χ0) is 18.8. The molecule has 1 amide bonds. The van der Waals surface area contributed by atoms with E-state index in [2.05, 4.69) is 15.6 Å². The van der Waals surface area contributed by atoms with E-state index in [0.717, 1.165) is 15.0 Å². The van der Waals surface area contributed by atoms with Crippen LogP contribution >= 0.6 is 11.3 Å². The van der Waals surface area contributed by atoms with Gasteiger partial charge in [-0.05, 0) is 24.3 Å². The van der Waals surface area contributed by atoms with Crippen LogP contribution in [0.15, 0.2) is 64.6 Å². The molecule has 4 rings (SSSR count). The average Bonchev–Trinajstić information content (AvgIpc) is 3.02. The van der Waals surface area contributed by atoms with Crippen molar-refractivity contribution < 1.29 is 4.79 Å². The van der Waals surface area contributed by atoms with E-state index in [1.165, 1.54) is 17.5 Å². The molecule has 0 spiro atoms. The van der Waals surface area contributed by atoms with Crippen LogP contribution in [0.1, 0.15) is 6.42 Å². The highest BCUT2D eigenvalue weighted by atomic mass is 32.1. The van der Waals surface area contributed by atoms with Crippen LogP contribution in [0.4, 0.5) is 0 Å². The number of aromatic nitrogens is 3. The van der Waals surface area contributed by atoms with Gasteiger partial charge in [0, 0.05) is 18.9 Å². The van der Waals surface area contributed by atoms with Crippen LogP contribution < -0.4 is 15.7 Å². The van der Waals surface area contributed by atoms with E-state index in [1.54, 1.807) is 10.7 Å². The number of amides is 1. The van der Waals surface area contributed by atoms with Gasteiger partial charge in [0.25, 0.3) is 0 Å². The fraction of sp³-hybridized carbons (Fsp3) is 0.158. The van der Waals surface area contributed by atoms with E-state index < -0.39 is 0 Å². The lowest BCUT2D eigenvalue weighted by molar-refractivity contribution is -0.121. The largest absolute Gasteiger partial charge is 0.318 e. The number of hydrogen-bond donors (Lipinski definition) is 1. The molecule has 0 aliphatic rings. The van der Waals surface area contributed by atoms with Gasteiger partial charge in [0.2, 0.25) is 16.1 Å². The number of benzene rings is 2. The first-order chi connectivity index (χ1) is 13.1. The van der Waals surface area contributed by atoms with Crippen molar-refractivity contribution in [1.29, 1.82) is 0 Å². The van der Waals surface area contributed by atoms with Crippen LogP contribution in [0.2, 0.25) is 0 Å². The van der Waals surface area contributed by atoms with E-state index in [0.29, 0.717) is 17.4 Å². The van der Waals surface area contributed by atoms with Gasteiger partial charge in [-0.3, -0.25) is 14.3 Å². The SMILES string of the molecule is Cn1/c(=N\NC(=O)CCn2ncc(=O)c3ccccc32)sc2ccccc21. The Labute approximate surface area is 158 Å². The van der Waals surface area contributed by atoms with Crippen LogP contribution in [-0.2, 0) is 18.4 Å². The predicted molar refractivity (Wildman–Crippen MR) is 105 cm³/mol. The second kappa shape index (κ2) is 7.16. The number of hydrogen-bond acceptors (Lipinski definition) is 5. The van der Waals surface area contributed by atoms with Crippen molar-refractivity contribution in [3.05, 3.63) is 69.8 Å². The summed E-state index contributed by atoms with van der Waals surface area (Å²) in [5.41, 5.74) is 4.26. The monoisotopic (exact) mass is 379 g/mol. The number of rotatable bonds is 4. The smallest absolute Gasteiger partial charge is 0.242 e. The molecule has 0 saturated heterocycles. The van der Waals surface area contributed by atoms with Gasteiger partial charge in [-0.25, -0.2) is 5.43 Å². The maximum Gasteiger partial charge on any atom is 0.242 e. The Bertz CT molecular complexity index is 1270. The van der Waals surface area contributed by atoms with Crippen LogP contribution in [0.3, 0.4) is 0 Å². The van der Waals surface area contributed by atoms with Gasteiger partial charge in [-0.2, -0.15) is 5.10 Å². The summed E-state index contributed by atoms with van der Waals surface area (Å²) in [6.45, 7) is 0.362. The Kier molecular flexibility index (Phi) is 4.55. The molecular weight excluding hydrogens is 362 g/mol. The minimum Gasteiger partial charge on any atom is -0.318 e. The number of nitrogens with one attached hydrogen (secondary N) is 1. The normalized spacial score (nSPS) is 12.0. The Morgan fingerprint density at radius 1 is 1.15 bits per heavy atom. The lowest BCUT2D eigenvalue weighted by atomic mass is 10.2. The topological polar surface area (TPSA) is 81.3 Å². The molecule has 2 heterocycles. The third kappa shape index (κ3) is 3.39. The number of fused-ring (bicyclic) bond motifs is 2. The molecule has 4 aromatic rings.